The van der Waals surface area contributed by atoms with Gasteiger partial charge < -0.3 is 0 Å². The molecule has 0 aliphatic rings. The Morgan fingerprint density at radius 3 is 1.14 bits per heavy atom. The number of nitrogens with one attached hydrogen (secondary N) is 2. The summed E-state index contributed by atoms with van der Waals surface area (Å²) in [4.78, 5) is 5.14. The van der Waals surface area contributed by atoms with E-state index in [-0.39, 0.29) is 0 Å². The SMILES string of the molecule is ClNc1ccc(-c2ccc(NCl)cc2)cc1.O=S(=O)(O)O. The van der Waals surface area contributed by atoms with Gasteiger partial charge in [0.2, 0.25) is 0 Å². The second-order valence-electron chi connectivity index (χ2n) is 3.79. The standard InChI is InChI=1S/C12H10Cl2N2.H2O4S/c13-15-11-5-1-9(2-6-11)10-3-7-12(16-14)8-4-10;1-5(2,3)4/h1-8,15-16H;(H2,1,2,3,4). The normalized spacial score (nSPS) is 10.3. The van der Waals surface area contributed by atoms with E-state index in [4.69, 9.17) is 41.1 Å². The van der Waals surface area contributed by atoms with E-state index in [1.807, 2.05) is 48.5 Å². The zero-order valence-electron chi connectivity index (χ0n) is 10.5. The van der Waals surface area contributed by atoms with Crippen molar-refractivity contribution in [2.24, 2.45) is 0 Å². The second kappa shape index (κ2) is 8.06. The molecule has 4 N–H and O–H groups in total. The maximum Gasteiger partial charge on any atom is 0.394 e. The molecule has 0 fully saturated rings. The number of rotatable bonds is 3. The van der Waals surface area contributed by atoms with Crippen LogP contribution in [-0.4, -0.2) is 17.5 Å². The molecular weight excluding hydrogens is 339 g/mol. The molecule has 0 aliphatic carbocycles. The summed E-state index contributed by atoms with van der Waals surface area (Å²) in [6, 6.07) is 15.7. The van der Waals surface area contributed by atoms with E-state index in [1.165, 1.54) is 0 Å². The first-order valence-corrected chi connectivity index (χ1v) is 7.62. The minimum absolute atomic E-state index is 0.879. The van der Waals surface area contributed by atoms with Crippen molar-refractivity contribution in [1.82, 2.24) is 0 Å². The van der Waals surface area contributed by atoms with Crippen LogP contribution in [0.2, 0.25) is 0 Å². The summed E-state index contributed by atoms with van der Waals surface area (Å²) in [6.45, 7) is 0. The monoisotopic (exact) mass is 350 g/mol. The average molecular weight is 351 g/mol. The highest BCUT2D eigenvalue weighted by molar-refractivity contribution is 7.79. The van der Waals surface area contributed by atoms with E-state index < -0.39 is 10.4 Å². The van der Waals surface area contributed by atoms with Crippen LogP contribution in [0, 0.1) is 0 Å². The molecule has 0 spiro atoms. The summed E-state index contributed by atoms with van der Waals surface area (Å²) in [6.07, 6.45) is 0. The van der Waals surface area contributed by atoms with Crippen LogP contribution in [0.4, 0.5) is 11.4 Å². The highest BCUT2D eigenvalue weighted by Crippen LogP contribution is 2.23. The Morgan fingerprint density at radius 1 is 0.714 bits per heavy atom. The second-order valence-corrected chi connectivity index (χ2v) is 5.07. The molecule has 0 bridgehead atoms. The van der Waals surface area contributed by atoms with Crippen LogP contribution in [0.15, 0.2) is 48.5 Å². The zero-order valence-corrected chi connectivity index (χ0v) is 12.8. The van der Waals surface area contributed by atoms with Crippen LogP contribution in [-0.2, 0) is 10.4 Å². The molecular formula is C12H12Cl2N2O4S. The zero-order chi connectivity index (χ0) is 15.9. The van der Waals surface area contributed by atoms with Crippen LogP contribution >= 0.6 is 23.6 Å². The van der Waals surface area contributed by atoms with Crippen molar-refractivity contribution in [3.63, 3.8) is 0 Å². The molecule has 0 atom stereocenters. The molecule has 0 aliphatic heterocycles. The maximum atomic E-state index is 8.74. The molecule has 114 valence electrons. The molecule has 0 saturated heterocycles. The minimum atomic E-state index is -4.67. The van der Waals surface area contributed by atoms with Crippen LogP contribution in [0.3, 0.4) is 0 Å². The van der Waals surface area contributed by atoms with Gasteiger partial charge in [0.15, 0.2) is 0 Å². The van der Waals surface area contributed by atoms with Crippen LogP contribution < -0.4 is 9.67 Å². The number of halogens is 2. The Kier molecular flexibility index (Phi) is 6.73. The van der Waals surface area contributed by atoms with E-state index in [2.05, 4.69) is 9.67 Å². The fourth-order valence-corrected chi connectivity index (χ4v) is 1.70. The van der Waals surface area contributed by atoms with E-state index in [9.17, 15) is 0 Å². The van der Waals surface area contributed by atoms with Gasteiger partial charge in [0.25, 0.3) is 0 Å². The van der Waals surface area contributed by atoms with Crippen LogP contribution in [0.5, 0.6) is 0 Å². The van der Waals surface area contributed by atoms with E-state index in [0.29, 0.717) is 0 Å². The lowest BCUT2D eigenvalue weighted by Crippen LogP contribution is -1.89. The van der Waals surface area contributed by atoms with E-state index in [1.54, 1.807) is 0 Å². The highest BCUT2D eigenvalue weighted by Gasteiger charge is 1.98. The molecule has 0 amide bonds. The van der Waals surface area contributed by atoms with Gasteiger partial charge in [0.05, 0.1) is 0 Å². The van der Waals surface area contributed by atoms with Gasteiger partial charge in [0, 0.05) is 34.9 Å². The number of hydrogen-bond donors (Lipinski definition) is 4. The third kappa shape index (κ3) is 7.16. The lowest BCUT2D eigenvalue weighted by molar-refractivity contribution is 0.381. The Hall–Kier alpha value is -1.51. The summed E-state index contributed by atoms with van der Waals surface area (Å²) >= 11 is 11.0. The van der Waals surface area contributed by atoms with E-state index >= 15 is 0 Å². The quantitative estimate of drug-likeness (QED) is 0.496. The molecule has 0 unspecified atom stereocenters. The van der Waals surface area contributed by atoms with Gasteiger partial charge in [-0.1, -0.05) is 24.3 Å². The van der Waals surface area contributed by atoms with Crippen molar-refractivity contribution in [3.05, 3.63) is 48.5 Å². The van der Waals surface area contributed by atoms with Gasteiger partial charge in [-0.25, -0.2) is 0 Å². The number of anilines is 2. The molecule has 0 saturated carbocycles. The predicted octanol–water partition coefficient (Wildman–Crippen LogP) is 3.83. The molecule has 0 heterocycles. The first kappa shape index (κ1) is 17.5. The molecule has 2 aromatic rings. The lowest BCUT2D eigenvalue weighted by atomic mass is 10.1. The van der Waals surface area contributed by atoms with Crippen molar-refractivity contribution in [2.75, 3.05) is 9.67 Å². The predicted molar refractivity (Wildman–Crippen MR) is 85.0 cm³/mol. The van der Waals surface area contributed by atoms with Gasteiger partial charge in [-0.2, -0.15) is 8.42 Å². The number of benzene rings is 2. The van der Waals surface area contributed by atoms with Crippen molar-refractivity contribution < 1.29 is 17.5 Å². The minimum Gasteiger partial charge on any atom is -0.299 e. The topological polar surface area (TPSA) is 98.7 Å². The smallest absolute Gasteiger partial charge is 0.299 e. The third-order valence-electron chi connectivity index (χ3n) is 2.32. The van der Waals surface area contributed by atoms with Crippen molar-refractivity contribution in [2.45, 2.75) is 0 Å². The van der Waals surface area contributed by atoms with Crippen LogP contribution in [0.25, 0.3) is 11.1 Å². The van der Waals surface area contributed by atoms with Gasteiger partial charge >= 0.3 is 10.4 Å². The molecule has 21 heavy (non-hydrogen) atoms. The molecule has 0 aromatic heterocycles. The van der Waals surface area contributed by atoms with Crippen molar-refractivity contribution >= 4 is 45.3 Å². The summed E-state index contributed by atoms with van der Waals surface area (Å²) in [5.41, 5.74) is 4.03. The lowest BCUT2D eigenvalue weighted by Gasteiger charge is -2.04. The summed E-state index contributed by atoms with van der Waals surface area (Å²) in [5, 5.41) is 0. The Morgan fingerprint density at radius 2 is 0.952 bits per heavy atom. The molecule has 2 aromatic carbocycles. The highest BCUT2D eigenvalue weighted by atomic mass is 35.5. The van der Waals surface area contributed by atoms with E-state index in [0.717, 1.165) is 22.5 Å². The fourth-order valence-electron chi connectivity index (χ4n) is 1.45. The molecule has 2 rings (SSSR count). The largest absolute Gasteiger partial charge is 0.394 e. The fraction of sp³-hybridized carbons (Fsp3) is 0. The van der Waals surface area contributed by atoms with Gasteiger partial charge in [0.1, 0.15) is 0 Å². The third-order valence-corrected chi connectivity index (χ3v) is 2.76. The molecule has 0 radical (unpaired) electrons. The summed E-state index contributed by atoms with van der Waals surface area (Å²) < 4.78 is 31.6. The van der Waals surface area contributed by atoms with Gasteiger partial charge in [-0.3, -0.25) is 18.8 Å². The average Bonchev–Trinajstić information content (AvgIpc) is 2.46. The first-order valence-electron chi connectivity index (χ1n) is 5.47. The molecule has 9 heteroatoms. The number of hydrogen-bond acceptors (Lipinski definition) is 4. The van der Waals surface area contributed by atoms with Crippen molar-refractivity contribution in [3.8, 4) is 11.1 Å². The van der Waals surface area contributed by atoms with Crippen LogP contribution in [0.1, 0.15) is 0 Å². The Labute approximate surface area is 132 Å². The molecule has 6 nitrogen and oxygen atoms in total. The first-order chi connectivity index (χ1) is 9.83. The summed E-state index contributed by atoms with van der Waals surface area (Å²) in [7, 11) is -4.67. The summed E-state index contributed by atoms with van der Waals surface area (Å²) in [5.74, 6) is 0. The van der Waals surface area contributed by atoms with Gasteiger partial charge in [-0.05, 0) is 35.4 Å². The van der Waals surface area contributed by atoms with Crippen molar-refractivity contribution in [1.29, 1.82) is 0 Å². The maximum absolute atomic E-state index is 8.74. The Balaban J connectivity index is 0.000000383. The van der Waals surface area contributed by atoms with Gasteiger partial charge in [-0.15, -0.1) is 0 Å². The Bertz CT molecular complexity index is 607.